The highest BCUT2D eigenvalue weighted by molar-refractivity contribution is 5.92. The molecule has 3 aromatic heterocycles. The fraction of sp³-hybridized carbons (Fsp3) is 0.542. The molecule has 0 aromatic carbocycles. The number of hydrogen-bond acceptors (Lipinski definition) is 5. The average Bonchev–Trinajstić information content (AvgIpc) is 3.57. The first kappa shape index (κ1) is 25.5. The molecule has 5 rings (SSSR count). The van der Waals surface area contributed by atoms with Crippen LogP contribution in [-0.2, 0) is 13.1 Å². The number of nitrogens with one attached hydrogen (secondary N) is 2. The van der Waals surface area contributed by atoms with Gasteiger partial charge < -0.3 is 15.5 Å². The topological polar surface area (TPSA) is 109 Å². The molecule has 12 heteroatoms. The van der Waals surface area contributed by atoms with Gasteiger partial charge in [-0.25, -0.2) is 23.1 Å². The molecule has 1 saturated carbocycles. The fourth-order valence-corrected chi connectivity index (χ4v) is 4.25. The van der Waals surface area contributed by atoms with Crippen molar-refractivity contribution in [3.63, 3.8) is 0 Å². The van der Waals surface area contributed by atoms with Gasteiger partial charge in [0, 0.05) is 44.7 Å². The van der Waals surface area contributed by atoms with Gasteiger partial charge in [0.25, 0.3) is 5.91 Å². The number of imidazole rings is 1. The van der Waals surface area contributed by atoms with E-state index >= 15 is 0 Å². The van der Waals surface area contributed by atoms with E-state index < -0.39 is 5.92 Å². The van der Waals surface area contributed by atoms with Gasteiger partial charge in [0.2, 0.25) is 5.92 Å². The molecule has 3 aromatic rings. The van der Waals surface area contributed by atoms with Gasteiger partial charge in [0.15, 0.2) is 5.65 Å². The van der Waals surface area contributed by atoms with Crippen LogP contribution < -0.4 is 10.6 Å². The molecule has 0 atom stereocenters. The number of alkyl halides is 2. The molecular weight excluding hydrogens is 470 g/mol. The van der Waals surface area contributed by atoms with Gasteiger partial charge >= 0.3 is 6.03 Å². The van der Waals surface area contributed by atoms with Crippen LogP contribution in [0.15, 0.2) is 30.7 Å². The summed E-state index contributed by atoms with van der Waals surface area (Å²) in [5.41, 5.74) is 2.80. The van der Waals surface area contributed by atoms with Crippen molar-refractivity contribution in [1.29, 1.82) is 0 Å². The molecule has 1 saturated heterocycles. The zero-order valence-corrected chi connectivity index (χ0v) is 20.6. The number of halogens is 2. The van der Waals surface area contributed by atoms with Crippen molar-refractivity contribution in [1.82, 2.24) is 39.9 Å². The second-order valence-electron chi connectivity index (χ2n) is 9.41. The smallest absolute Gasteiger partial charge is 0.317 e. The van der Waals surface area contributed by atoms with Gasteiger partial charge in [-0.2, -0.15) is 10.2 Å². The highest BCUT2D eigenvalue weighted by atomic mass is 19.3. The SMILES string of the molecule is CC(C)n1nccc1C(=O)NCc1cn2ncc(CN3CCNC3=O)cc2n1.FC1(F)CCCCC1. The summed E-state index contributed by atoms with van der Waals surface area (Å²) in [6.45, 7) is 6.07. The lowest BCUT2D eigenvalue weighted by Crippen LogP contribution is -2.27. The Morgan fingerprint density at radius 1 is 1.22 bits per heavy atom. The van der Waals surface area contributed by atoms with E-state index in [1.807, 2.05) is 19.9 Å². The molecular formula is C24H32F2N8O2. The van der Waals surface area contributed by atoms with Crippen LogP contribution in [0.25, 0.3) is 5.65 Å². The molecule has 36 heavy (non-hydrogen) atoms. The minimum Gasteiger partial charge on any atom is -0.345 e. The van der Waals surface area contributed by atoms with E-state index in [0.717, 1.165) is 12.0 Å². The molecule has 0 unspecified atom stereocenters. The Morgan fingerprint density at radius 2 is 2.00 bits per heavy atom. The number of amides is 3. The van der Waals surface area contributed by atoms with Crippen molar-refractivity contribution in [3.8, 4) is 0 Å². The average molecular weight is 503 g/mol. The Labute approximate surface area is 208 Å². The lowest BCUT2D eigenvalue weighted by Gasteiger charge is -2.20. The van der Waals surface area contributed by atoms with Gasteiger partial charge in [0.05, 0.1) is 24.6 Å². The minimum atomic E-state index is -2.32. The second-order valence-corrected chi connectivity index (χ2v) is 9.41. The summed E-state index contributed by atoms with van der Waals surface area (Å²) in [5, 5.41) is 14.2. The Hall–Kier alpha value is -3.57. The van der Waals surface area contributed by atoms with Gasteiger partial charge in [-0.05, 0) is 44.4 Å². The third kappa shape index (κ3) is 6.35. The summed E-state index contributed by atoms with van der Waals surface area (Å²) in [7, 11) is 0. The van der Waals surface area contributed by atoms with Gasteiger partial charge in [-0.1, -0.05) is 6.42 Å². The number of carbonyl (C=O) groups is 2. The first-order valence-electron chi connectivity index (χ1n) is 12.3. The van der Waals surface area contributed by atoms with Gasteiger partial charge in [0.1, 0.15) is 5.69 Å². The number of hydrogen-bond donors (Lipinski definition) is 2. The van der Waals surface area contributed by atoms with Crippen molar-refractivity contribution in [2.75, 3.05) is 13.1 Å². The Morgan fingerprint density at radius 3 is 2.64 bits per heavy atom. The maximum atomic E-state index is 12.4. The van der Waals surface area contributed by atoms with Crippen LogP contribution in [0.3, 0.4) is 0 Å². The Kier molecular flexibility index (Phi) is 7.80. The molecule has 2 fully saturated rings. The number of aromatic nitrogens is 5. The van der Waals surface area contributed by atoms with E-state index in [1.54, 1.807) is 38.8 Å². The van der Waals surface area contributed by atoms with E-state index in [4.69, 9.17) is 0 Å². The normalized spacial score (nSPS) is 17.1. The zero-order valence-electron chi connectivity index (χ0n) is 20.6. The highest BCUT2D eigenvalue weighted by Crippen LogP contribution is 2.32. The molecule has 0 spiro atoms. The minimum absolute atomic E-state index is 0.0627. The first-order valence-corrected chi connectivity index (χ1v) is 12.3. The van der Waals surface area contributed by atoms with Crippen LogP contribution in [0.1, 0.15) is 73.7 Å². The van der Waals surface area contributed by atoms with E-state index in [2.05, 4.69) is 25.8 Å². The lowest BCUT2D eigenvalue weighted by molar-refractivity contribution is -0.0337. The molecule has 2 aliphatic rings. The Balaban J connectivity index is 0.000000325. The van der Waals surface area contributed by atoms with E-state index in [-0.39, 0.29) is 37.4 Å². The number of nitrogens with zero attached hydrogens (tertiary/aromatic N) is 6. The van der Waals surface area contributed by atoms with Crippen molar-refractivity contribution in [2.24, 2.45) is 0 Å². The number of fused-ring (bicyclic) bond motifs is 1. The summed E-state index contributed by atoms with van der Waals surface area (Å²) in [5.74, 6) is -2.52. The predicted molar refractivity (Wildman–Crippen MR) is 129 cm³/mol. The van der Waals surface area contributed by atoms with E-state index in [0.29, 0.717) is 49.5 Å². The maximum Gasteiger partial charge on any atom is 0.317 e. The lowest BCUT2D eigenvalue weighted by atomic mass is 9.97. The van der Waals surface area contributed by atoms with Crippen LogP contribution in [0, 0.1) is 0 Å². The molecule has 4 heterocycles. The highest BCUT2D eigenvalue weighted by Gasteiger charge is 2.30. The molecule has 1 aliphatic heterocycles. The number of rotatable bonds is 6. The second kappa shape index (κ2) is 11.0. The summed E-state index contributed by atoms with van der Waals surface area (Å²) >= 11 is 0. The standard InChI is InChI=1S/C18H22N8O2.C6H10F2/c1-12(2)26-15(3-4-21-26)17(27)20-9-14-11-25-16(23-14)7-13(8-22-25)10-24-6-5-19-18(24)28;7-6(8)4-2-1-3-5-6/h3-4,7-8,11-12H,5-6,9-10H2,1-2H3,(H,19,28)(H,20,27);1-5H2. The van der Waals surface area contributed by atoms with E-state index in [1.165, 1.54) is 0 Å². The summed E-state index contributed by atoms with van der Waals surface area (Å²) in [6.07, 6.45) is 7.78. The summed E-state index contributed by atoms with van der Waals surface area (Å²) in [6, 6.07) is 3.64. The molecule has 3 amide bonds. The zero-order chi connectivity index (χ0) is 25.7. The Bertz CT molecular complexity index is 1200. The van der Waals surface area contributed by atoms with Crippen LogP contribution in [0.4, 0.5) is 13.6 Å². The first-order chi connectivity index (χ1) is 17.2. The molecule has 0 bridgehead atoms. The molecule has 2 N–H and O–H groups in total. The van der Waals surface area contributed by atoms with Crippen molar-refractivity contribution < 1.29 is 18.4 Å². The third-order valence-electron chi connectivity index (χ3n) is 6.15. The molecule has 1 aliphatic carbocycles. The van der Waals surface area contributed by atoms with Crippen molar-refractivity contribution in [2.45, 2.75) is 71.0 Å². The fourth-order valence-electron chi connectivity index (χ4n) is 4.25. The number of carbonyl (C=O) groups excluding carboxylic acids is 2. The van der Waals surface area contributed by atoms with Gasteiger partial charge in [-0.3, -0.25) is 9.48 Å². The van der Waals surface area contributed by atoms with E-state index in [9.17, 15) is 18.4 Å². The van der Waals surface area contributed by atoms with Crippen molar-refractivity contribution in [3.05, 3.63) is 47.7 Å². The summed E-state index contributed by atoms with van der Waals surface area (Å²) in [4.78, 5) is 30.4. The van der Waals surface area contributed by atoms with Crippen LogP contribution in [0.2, 0.25) is 0 Å². The molecule has 194 valence electrons. The third-order valence-corrected chi connectivity index (χ3v) is 6.15. The monoisotopic (exact) mass is 502 g/mol. The van der Waals surface area contributed by atoms with Crippen LogP contribution >= 0.6 is 0 Å². The maximum absolute atomic E-state index is 12.4. The van der Waals surface area contributed by atoms with Crippen LogP contribution in [-0.4, -0.2) is 60.2 Å². The molecule has 10 nitrogen and oxygen atoms in total. The quantitative estimate of drug-likeness (QED) is 0.536. The molecule has 0 radical (unpaired) electrons. The summed E-state index contributed by atoms with van der Waals surface area (Å²) < 4.78 is 27.8. The van der Waals surface area contributed by atoms with Gasteiger partial charge in [-0.15, -0.1) is 0 Å². The predicted octanol–water partition coefficient (Wildman–Crippen LogP) is 3.55. The largest absolute Gasteiger partial charge is 0.345 e. The van der Waals surface area contributed by atoms with Crippen LogP contribution in [0.5, 0.6) is 0 Å². The van der Waals surface area contributed by atoms with Crippen molar-refractivity contribution >= 4 is 17.6 Å². The number of urea groups is 1.